The van der Waals surface area contributed by atoms with E-state index in [4.69, 9.17) is 0 Å². The van der Waals surface area contributed by atoms with E-state index in [1.807, 2.05) is 0 Å². The van der Waals surface area contributed by atoms with Crippen molar-refractivity contribution in [1.82, 2.24) is 0 Å². The predicted molar refractivity (Wildman–Crippen MR) is 37.6 cm³/mol. The number of hydrogen-bond donors (Lipinski definition) is 0. The molecule has 0 spiro atoms. The van der Waals surface area contributed by atoms with Crippen LogP contribution in [0.3, 0.4) is 0 Å². The van der Waals surface area contributed by atoms with Gasteiger partial charge in [-0.2, -0.15) is 11.1 Å². The Balaban J connectivity index is -0.000000213. The van der Waals surface area contributed by atoms with Crippen LogP contribution in [0.25, 0.3) is 0 Å². The molecule has 0 heterocycles. The molecule has 1 heteroatoms. The first-order valence-electron chi connectivity index (χ1n) is 2.96. The van der Waals surface area contributed by atoms with Gasteiger partial charge >= 0.3 is 26.2 Å². The molecule has 0 aliphatic heterocycles. The third-order valence-electron chi connectivity index (χ3n) is 1.82. The fourth-order valence-electron chi connectivity index (χ4n) is 0.850. The van der Waals surface area contributed by atoms with E-state index in [0.717, 1.165) is 6.42 Å². The maximum Gasteiger partial charge on any atom is 3.00 e. The van der Waals surface area contributed by atoms with E-state index < -0.39 is 0 Å². The van der Waals surface area contributed by atoms with E-state index in [1.165, 1.54) is 16.7 Å². The summed E-state index contributed by atoms with van der Waals surface area (Å²) in [4.78, 5) is 0. The fourth-order valence-corrected chi connectivity index (χ4v) is 0.850. The molecular formula is C8H13Zr. The summed E-state index contributed by atoms with van der Waals surface area (Å²) in [5, 5.41) is 0. The molecule has 1 radical (unpaired) electrons. The van der Waals surface area contributed by atoms with Gasteiger partial charge in [-0.3, -0.25) is 6.08 Å². The third kappa shape index (κ3) is 1.90. The van der Waals surface area contributed by atoms with Crippen LogP contribution >= 0.6 is 0 Å². The minimum atomic E-state index is 0. The molecule has 1 aliphatic carbocycles. The minimum Gasteiger partial charge on any atom is -1.00 e. The van der Waals surface area contributed by atoms with Crippen LogP contribution in [0.5, 0.6) is 0 Å². The molecule has 0 unspecified atom stereocenters. The number of rotatable bonds is 0. The van der Waals surface area contributed by atoms with Crippen molar-refractivity contribution in [3.63, 3.8) is 0 Å². The van der Waals surface area contributed by atoms with Gasteiger partial charge in [0.05, 0.1) is 0 Å². The Kier molecular flexibility index (Phi) is 3.65. The minimum absolute atomic E-state index is 0. The molecular weight excluding hydrogens is 187 g/mol. The summed E-state index contributed by atoms with van der Waals surface area (Å²) in [6.45, 7) is 6.44. The van der Waals surface area contributed by atoms with E-state index in [-0.39, 0.29) is 29.1 Å². The first-order chi connectivity index (χ1) is 3.72. The molecule has 0 N–H and O–H groups in total. The van der Waals surface area contributed by atoms with Gasteiger partial charge in [-0.1, -0.05) is 13.8 Å². The van der Waals surface area contributed by atoms with Crippen LogP contribution in [0.2, 0.25) is 0 Å². The molecule has 0 saturated heterocycles. The quantitative estimate of drug-likeness (QED) is 0.528. The van der Waals surface area contributed by atoms with E-state index >= 15 is 0 Å². The van der Waals surface area contributed by atoms with Gasteiger partial charge in [0.25, 0.3) is 0 Å². The van der Waals surface area contributed by atoms with Crippen molar-refractivity contribution in [1.29, 1.82) is 0 Å². The van der Waals surface area contributed by atoms with Crippen molar-refractivity contribution in [3.05, 3.63) is 22.8 Å². The first-order valence-corrected chi connectivity index (χ1v) is 2.96. The second kappa shape index (κ2) is 3.51. The smallest absolute Gasteiger partial charge is 1.00 e. The molecule has 0 aromatic carbocycles. The van der Waals surface area contributed by atoms with Crippen molar-refractivity contribution in [2.24, 2.45) is 0 Å². The van der Waals surface area contributed by atoms with Crippen molar-refractivity contribution < 1.29 is 29.1 Å². The Morgan fingerprint density at radius 3 is 2.00 bits per heavy atom. The van der Waals surface area contributed by atoms with Gasteiger partial charge in [0.15, 0.2) is 0 Å². The molecule has 49 valence electrons. The van der Waals surface area contributed by atoms with Gasteiger partial charge in [0.2, 0.25) is 0 Å². The van der Waals surface area contributed by atoms with Crippen LogP contribution in [0.4, 0.5) is 0 Å². The molecule has 0 saturated carbocycles. The molecule has 0 amide bonds. The summed E-state index contributed by atoms with van der Waals surface area (Å²) in [5.74, 6) is 0. The molecule has 0 atom stereocenters. The zero-order chi connectivity index (χ0) is 6.15. The molecule has 9 heavy (non-hydrogen) atoms. The maximum absolute atomic E-state index is 3.26. The van der Waals surface area contributed by atoms with Gasteiger partial charge in [0.1, 0.15) is 0 Å². The van der Waals surface area contributed by atoms with Crippen LogP contribution in [0.1, 0.15) is 30.0 Å². The summed E-state index contributed by atoms with van der Waals surface area (Å²) in [6.07, 6.45) is 4.31. The average Bonchev–Trinajstić information content (AvgIpc) is 1.98. The molecule has 0 fully saturated rings. The van der Waals surface area contributed by atoms with Gasteiger partial charge in [-0.05, 0) is 0 Å². The van der Waals surface area contributed by atoms with Crippen molar-refractivity contribution in [3.8, 4) is 0 Å². The standard InChI is InChI=1S/C8H11.Zr.2H/c1-6-4-5-7(2)8(6)3;;;/h4H2,1-3H3;;;/q-1;+3;2*-1. The Labute approximate surface area is 79.1 Å². The largest absolute Gasteiger partial charge is 3.00 e. The fraction of sp³-hybridized carbons (Fsp3) is 0.500. The normalized spacial score (nSPS) is 17.4. The van der Waals surface area contributed by atoms with Gasteiger partial charge in [-0.15, -0.1) is 13.3 Å². The summed E-state index contributed by atoms with van der Waals surface area (Å²) in [6, 6.07) is 0. The molecule has 0 aromatic rings. The van der Waals surface area contributed by atoms with E-state index in [1.54, 1.807) is 0 Å². The molecule has 1 rings (SSSR count). The van der Waals surface area contributed by atoms with Gasteiger partial charge in [-0.25, -0.2) is 5.57 Å². The van der Waals surface area contributed by atoms with Crippen molar-refractivity contribution >= 4 is 0 Å². The SMILES string of the molecule is CC1=[C-]CC(C)=C1C.[H-].[H-].[Zr+3]. The average molecular weight is 200 g/mol. The second-order valence-electron chi connectivity index (χ2n) is 2.38. The molecule has 0 aromatic heterocycles. The third-order valence-corrected chi connectivity index (χ3v) is 1.82. The van der Waals surface area contributed by atoms with E-state index in [9.17, 15) is 0 Å². The zero-order valence-corrected chi connectivity index (χ0v) is 8.67. The first kappa shape index (κ1) is 9.36. The Hall–Kier alpha value is 0.363. The van der Waals surface area contributed by atoms with Crippen LogP contribution in [-0.4, -0.2) is 0 Å². The monoisotopic (exact) mass is 199 g/mol. The zero-order valence-electron chi connectivity index (χ0n) is 8.21. The Bertz CT molecular complexity index is 165. The number of hydrogen-bond acceptors (Lipinski definition) is 0. The molecule has 1 aliphatic rings. The number of allylic oxidation sites excluding steroid dienone is 4. The summed E-state index contributed by atoms with van der Waals surface area (Å²) in [7, 11) is 0. The molecule has 0 bridgehead atoms. The van der Waals surface area contributed by atoms with Crippen LogP contribution < -0.4 is 0 Å². The van der Waals surface area contributed by atoms with Crippen LogP contribution in [0.15, 0.2) is 16.7 Å². The topological polar surface area (TPSA) is 0 Å². The van der Waals surface area contributed by atoms with Gasteiger partial charge in [0, 0.05) is 0 Å². The summed E-state index contributed by atoms with van der Waals surface area (Å²) >= 11 is 0. The van der Waals surface area contributed by atoms with E-state index in [0.29, 0.717) is 0 Å². The van der Waals surface area contributed by atoms with Gasteiger partial charge < -0.3 is 2.85 Å². The molecule has 0 nitrogen and oxygen atoms in total. The van der Waals surface area contributed by atoms with Crippen LogP contribution in [0, 0.1) is 6.08 Å². The predicted octanol–water partition coefficient (Wildman–Crippen LogP) is 2.70. The Morgan fingerprint density at radius 1 is 1.33 bits per heavy atom. The van der Waals surface area contributed by atoms with Crippen molar-refractivity contribution in [2.75, 3.05) is 0 Å². The van der Waals surface area contributed by atoms with Crippen LogP contribution in [-0.2, 0) is 26.2 Å². The van der Waals surface area contributed by atoms with E-state index in [2.05, 4.69) is 26.8 Å². The second-order valence-corrected chi connectivity index (χ2v) is 2.38. The van der Waals surface area contributed by atoms with Crippen molar-refractivity contribution in [2.45, 2.75) is 27.2 Å². The maximum atomic E-state index is 3.26. The summed E-state index contributed by atoms with van der Waals surface area (Å²) < 4.78 is 0. The Morgan fingerprint density at radius 2 is 1.89 bits per heavy atom. The summed E-state index contributed by atoms with van der Waals surface area (Å²) in [5.41, 5.74) is 4.25.